The maximum Gasteiger partial charge on any atom is 0.437 e. The van der Waals surface area contributed by atoms with Crippen molar-refractivity contribution in [2.24, 2.45) is 0 Å². The van der Waals surface area contributed by atoms with Crippen LogP contribution in [0.15, 0.2) is 0 Å². The second kappa shape index (κ2) is 2.89. The van der Waals surface area contributed by atoms with E-state index in [0.29, 0.717) is 0 Å². The van der Waals surface area contributed by atoms with Gasteiger partial charge < -0.3 is 6.15 Å². The third-order valence-electron chi connectivity index (χ3n) is 0.199. The summed E-state index contributed by atoms with van der Waals surface area (Å²) in [5.41, 5.74) is 0. The lowest BCUT2D eigenvalue weighted by Gasteiger charge is -1.78. The summed E-state index contributed by atoms with van der Waals surface area (Å²) in [6.45, 7) is 0. The van der Waals surface area contributed by atoms with Crippen LogP contribution < -0.4 is 6.15 Å². The van der Waals surface area contributed by atoms with Crippen LogP contribution in [-0.4, -0.2) is 15.5 Å². The van der Waals surface area contributed by atoms with E-state index in [-0.39, 0.29) is 6.15 Å². The molecule has 0 spiro atoms. The number of rotatable bonds is 1. The number of hydrogen-bond acceptors (Lipinski definition) is 4. The Morgan fingerprint density at radius 1 is 1.57 bits per heavy atom. The van der Waals surface area contributed by atoms with Crippen molar-refractivity contribution in [1.82, 2.24) is 6.15 Å². The molecule has 0 aromatic rings. The molecule has 0 rings (SSSR count). The first kappa shape index (κ1) is 9.93. The van der Waals surface area contributed by atoms with Gasteiger partial charge in [-0.05, 0) is 0 Å². The zero-order valence-corrected chi connectivity index (χ0v) is 4.53. The minimum atomic E-state index is -4.66. The van der Waals surface area contributed by atoms with Crippen molar-refractivity contribution < 1.29 is 16.5 Å². The van der Waals surface area contributed by atoms with E-state index in [2.05, 4.69) is 4.18 Å². The predicted molar refractivity (Wildman–Crippen MR) is 22.1 cm³/mol. The average Bonchev–Trinajstić information content (AvgIpc) is 1.35. The lowest BCUT2D eigenvalue weighted by atomic mass is 11.8. The normalized spacial score (nSPS) is 10.0. The monoisotopic (exact) mass is 131 g/mol. The Labute approximate surface area is 41.3 Å². The summed E-state index contributed by atoms with van der Waals surface area (Å²) in [5, 5.41) is 0. The molecule has 0 atom stereocenters. The highest BCUT2D eigenvalue weighted by Gasteiger charge is 1.98. The van der Waals surface area contributed by atoms with Crippen LogP contribution in [-0.2, 0) is 14.7 Å². The maximum absolute atomic E-state index is 10.9. The standard InChI is InChI=1S/CH3FO3S.H3N/c1-5-6(2,3)4;/h1H3;1H3. The molecule has 6 heteroatoms. The van der Waals surface area contributed by atoms with Gasteiger partial charge in [0.15, 0.2) is 0 Å². The molecule has 0 fully saturated rings. The third kappa shape index (κ3) is 10.7. The quantitative estimate of drug-likeness (QED) is 0.508. The average molecular weight is 131 g/mol. The summed E-state index contributed by atoms with van der Waals surface area (Å²) in [6.07, 6.45) is 0. The fourth-order valence-corrected chi connectivity index (χ4v) is 0. The van der Waals surface area contributed by atoms with Gasteiger partial charge in [0.2, 0.25) is 0 Å². The van der Waals surface area contributed by atoms with E-state index in [1.54, 1.807) is 0 Å². The van der Waals surface area contributed by atoms with E-state index in [1.807, 2.05) is 0 Å². The lowest BCUT2D eigenvalue weighted by Crippen LogP contribution is -1.89. The summed E-state index contributed by atoms with van der Waals surface area (Å²) >= 11 is 0. The van der Waals surface area contributed by atoms with Crippen molar-refractivity contribution in [2.45, 2.75) is 0 Å². The fourth-order valence-electron chi connectivity index (χ4n) is 0. The SMILES string of the molecule is COS(=O)(=O)F.N. The third-order valence-corrected chi connectivity index (χ3v) is 0.597. The molecule has 0 aliphatic heterocycles. The molecule has 0 radical (unpaired) electrons. The van der Waals surface area contributed by atoms with Gasteiger partial charge in [-0.3, -0.25) is 0 Å². The van der Waals surface area contributed by atoms with Crippen LogP contribution in [0.3, 0.4) is 0 Å². The molecule has 0 aliphatic carbocycles. The Morgan fingerprint density at radius 3 is 1.71 bits per heavy atom. The Kier molecular flexibility index (Phi) is 4.10. The Hall–Kier alpha value is -0.200. The summed E-state index contributed by atoms with van der Waals surface area (Å²) in [7, 11) is -3.92. The first-order valence-electron chi connectivity index (χ1n) is 1.06. The molecule has 0 saturated carbocycles. The highest BCUT2D eigenvalue weighted by molar-refractivity contribution is 7.81. The first-order valence-corrected chi connectivity index (χ1v) is 2.37. The van der Waals surface area contributed by atoms with Gasteiger partial charge in [-0.25, -0.2) is 4.18 Å². The topological polar surface area (TPSA) is 78.4 Å². The highest BCUT2D eigenvalue weighted by Crippen LogP contribution is 1.85. The highest BCUT2D eigenvalue weighted by atomic mass is 32.3. The summed E-state index contributed by atoms with van der Waals surface area (Å²) < 4.78 is 32.3. The van der Waals surface area contributed by atoms with Crippen molar-refractivity contribution in [3.63, 3.8) is 0 Å². The zero-order chi connectivity index (χ0) is 5.21. The molecule has 0 saturated heterocycles. The number of hydrogen-bond donors (Lipinski definition) is 1. The molecule has 0 amide bonds. The van der Waals surface area contributed by atoms with Crippen LogP contribution in [0.5, 0.6) is 0 Å². The van der Waals surface area contributed by atoms with E-state index < -0.39 is 10.5 Å². The Bertz CT molecular complexity index is 117. The van der Waals surface area contributed by atoms with Gasteiger partial charge in [0.25, 0.3) is 0 Å². The van der Waals surface area contributed by atoms with E-state index in [9.17, 15) is 3.89 Å². The van der Waals surface area contributed by atoms with Gasteiger partial charge in [0, 0.05) is 0 Å². The molecular weight excluding hydrogens is 125 g/mol. The predicted octanol–water partition coefficient (Wildman–Crippen LogP) is 0.00910. The minimum Gasteiger partial charge on any atom is -0.344 e. The Balaban J connectivity index is 0. The van der Waals surface area contributed by atoms with Gasteiger partial charge >= 0.3 is 10.5 Å². The second-order valence-electron chi connectivity index (χ2n) is 0.560. The zero-order valence-electron chi connectivity index (χ0n) is 3.72. The van der Waals surface area contributed by atoms with Gasteiger partial charge in [-0.2, -0.15) is 8.42 Å². The first-order chi connectivity index (χ1) is 2.56. The minimum absolute atomic E-state index is 0. The van der Waals surface area contributed by atoms with Crippen LogP contribution in [0.2, 0.25) is 0 Å². The molecule has 0 unspecified atom stereocenters. The van der Waals surface area contributed by atoms with E-state index in [4.69, 9.17) is 8.42 Å². The maximum atomic E-state index is 10.9. The molecule has 0 aliphatic rings. The molecule has 3 N–H and O–H groups in total. The van der Waals surface area contributed by atoms with Crippen molar-refractivity contribution in [3.05, 3.63) is 0 Å². The molecule has 0 aromatic carbocycles. The van der Waals surface area contributed by atoms with Crippen LogP contribution >= 0.6 is 0 Å². The smallest absolute Gasteiger partial charge is 0.344 e. The van der Waals surface area contributed by atoms with E-state index >= 15 is 0 Å². The number of halogens is 1. The molecule has 0 heterocycles. The lowest BCUT2D eigenvalue weighted by molar-refractivity contribution is 0.362. The summed E-state index contributed by atoms with van der Waals surface area (Å²) in [5.74, 6) is 0. The van der Waals surface area contributed by atoms with Crippen LogP contribution in [0.1, 0.15) is 0 Å². The van der Waals surface area contributed by atoms with Gasteiger partial charge in [-0.1, -0.05) is 3.89 Å². The largest absolute Gasteiger partial charge is 0.437 e. The molecule has 7 heavy (non-hydrogen) atoms. The van der Waals surface area contributed by atoms with Crippen LogP contribution in [0.4, 0.5) is 3.89 Å². The van der Waals surface area contributed by atoms with E-state index in [1.165, 1.54) is 0 Å². The van der Waals surface area contributed by atoms with Gasteiger partial charge in [0.05, 0.1) is 7.11 Å². The molecule has 4 nitrogen and oxygen atoms in total. The van der Waals surface area contributed by atoms with Crippen molar-refractivity contribution >= 4 is 10.5 Å². The second-order valence-corrected chi connectivity index (χ2v) is 1.68. The van der Waals surface area contributed by atoms with Crippen molar-refractivity contribution in [2.75, 3.05) is 7.11 Å². The van der Waals surface area contributed by atoms with E-state index in [0.717, 1.165) is 7.11 Å². The molecule has 0 bridgehead atoms. The summed E-state index contributed by atoms with van der Waals surface area (Å²) in [4.78, 5) is 0. The van der Waals surface area contributed by atoms with Crippen LogP contribution in [0.25, 0.3) is 0 Å². The molecular formula is CH6FNO3S. The Morgan fingerprint density at radius 2 is 1.71 bits per heavy atom. The molecule has 0 aromatic heterocycles. The van der Waals surface area contributed by atoms with Gasteiger partial charge in [0.1, 0.15) is 0 Å². The van der Waals surface area contributed by atoms with Crippen molar-refractivity contribution in [3.8, 4) is 0 Å². The summed E-state index contributed by atoms with van der Waals surface area (Å²) in [6, 6.07) is 0. The molecule has 46 valence electrons. The van der Waals surface area contributed by atoms with Gasteiger partial charge in [-0.15, -0.1) is 0 Å². The van der Waals surface area contributed by atoms with Crippen molar-refractivity contribution in [1.29, 1.82) is 0 Å². The fraction of sp³-hybridized carbons (Fsp3) is 1.00. The van der Waals surface area contributed by atoms with Crippen LogP contribution in [0, 0.1) is 0 Å².